The first-order valence-electron chi connectivity index (χ1n) is 6.33. The number of anilines is 1. The van der Waals surface area contributed by atoms with Gasteiger partial charge in [-0.25, -0.2) is 4.98 Å². The normalized spacial score (nSPS) is 10.2. The minimum atomic E-state index is 0.433. The zero-order chi connectivity index (χ0) is 13.7. The van der Waals surface area contributed by atoms with Crippen molar-refractivity contribution in [1.82, 2.24) is 4.98 Å². The highest BCUT2D eigenvalue weighted by molar-refractivity contribution is 5.50. The van der Waals surface area contributed by atoms with Gasteiger partial charge in [-0.1, -0.05) is 6.92 Å². The molecular weight excluding hydrogens is 240 g/mol. The number of aryl methyl sites for hydroxylation is 1. The Bertz CT molecular complexity index is 538. The molecule has 0 saturated carbocycles. The Hall–Kier alpha value is -2.23. The number of aromatic nitrogens is 1. The summed E-state index contributed by atoms with van der Waals surface area (Å²) in [7, 11) is 0. The third-order valence-electron chi connectivity index (χ3n) is 2.54. The van der Waals surface area contributed by atoms with Crippen molar-refractivity contribution >= 4 is 5.69 Å². The predicted molar refractivity (Wildman–Crippen MR) is 75.7 cm³/mol. The maximum atomic E-state index is 5.82. The first-order valence-corrected chi connectivity index (χ1v) is 6.33. The number of nitrogens with two attached hydrogens (primary N) is 1. The van der Waals surface area contributed by atoms with Crippen LogP contribution in [0.15, 0.2) is 36.4 Å². The molecule has 4 heteroatoms. The molecule has 2 rings (SSSR count). The molecule has 0 fully saturated rings. The van der Waals surface area contributed by atoms with Crippen molar-refractivity contribution in [3.8, 4) is 17.4 Å². The van der Waals surface area contributed by atoms with Gasteiger partial charge in [-0.15, -0.1) is 0 Å². The summed E-state index contributed by atoms with van der Waals surface area (Å²) in [5.74, 6) is 1.95. The summed E-state index contributed by atoms with van der Waals surface area (Å²) < 4.78 is 11.2. The fraction of sp³-hybridized carbons (Fsp3) is 0.267. The van der Waals surface area contributed by atoms with E-state index in [2.05, 4.69) is 11.9 Å². The highest BCUT2D eigenvalue weighted by atomic mass is 16.5. The zero-order valence-electron chi connectivity index (χ0n) is 11.2. The van der Waals surface area contributed by atoms with Gasteiger partial charge in [0.1, 0.15) is 11.5 Å². The molecule has 1 aromatic carbocycles. The summed E-state index contributed by atoms with van der Waals surface area (Å²) in [5.41, 5.74) is 7.21. The maximum Gasteiger partial charge on any atom is 0.242 e. The first kappa shape index (κ1) is 13.2. The highest BCUT2D eigenvalue weighted by Gasteiger charge is 2.04. The largest absolute Gasteiger partial charge is 0.494 e. The molecule has 0 amide bonds. The van der Waals surface area contributed by atoms with Crippen LogP contribution in [0.5, 0.6) is 17.4 Å². The molecule has 0 unspecified atom stereocenters. The second-order valence-corrected chi connectivity index (χ2v) is 4.27. The molecule has 1 aromatic heterocycles. The van der Waals surface area contributed by atoms with Gasteiger partial charge in [0.25, 0.3) is 0 Å². The number of ether oxygens (including phenoxy) is 2. The molecule has 1 heterocycles. The van der Waals surface area contributed by atoms with E-state index in [4.69, 9.17) is 15.2 Å². The Morgan fingerprint density at radius 2 is 1.74 bits per heavy atom. The average molecular weight is 258 g/mol. The van der Waals surface area contributed by atoms with Crippen LogP contribution in [0.3, 0.4) is 0 Å². The topological polar surface area (TPSA) is 57.4 Å². The molecule has 4 nitrogen and oxygen atoms in total. The molecule has 0 atom stereocenters. The lowest BCUT2D eigenvalue weighted by Crippen LogP contribution is -1.97. The fourth-order valence-electron chi connectivity index (χ4n) is 1.56. The standard InChI is InChI=1S/C15H18N2O2/c1-3-10-18-12-5-7-13(8-6-12)19-15-14(16)9-4-11(2)17-15/h4-9H,3,10,16H2,1-2H3. The van der Waals surface area contributed by atoms with E-state index in [0.29, 0.717) is 23.9 Å². The minimum absolute atomic E-state index is 0.433. The Balaban J connectivity index is 2.08. The molecule has 2 N–H and O–H groups in total. The monoisotopic (exact) mass is 258 g/mol. The third kappa shape index (κ3) is 3.61. The fourth-order valence-corrected chi connectivity index (χ4v) is 1.56. The molecule has 0 aliphatic rings. The molecule has 0 bridgehead atoms. The predicted octanol–water partition coefficient (Wildman–Crippen LogP) is 3.55. The van der Waals surface area contributed by atoms with Crippen LogP contribution >= 0.6 is 0 Å². The van der Waals surface area contributed by atoms with Crippen LogP contribution in [0, 0.1) is 6.92 Å². The lowest BCUT2D eigenvalue weighted by atomic mass is 10.3. The maximum absolute atomic E-state index is 5.82. The smallest absolute Gasteiger partial charge is 0.242 e. The summed E-state index contributed by atoms with van der Waals surface area (Å²) in [6.07, 6.45) is 0.988. The quantitative estimate of drug-likeness (QED) is 0.891. The van der Waals surface area contributed by atoms with Gasteiger partial charge in [0.15, 0.2) is 0 Å². The third-order valence-corrected chi connectivity index (χ3v) is 2.54. The van der Waals surface area contributed by atoms with Crippen LogP contribution in [0.1, 0.15) is 19.0 Å². The van der Waals surface area contributed by atoms with E-state index in [1.54, 1.807) is 6.07 Å². The van der Waals surface area contributed by atoms with Crippen LogP contribution in [0.2, 0.25) is 0 Å². The Kier molecular flexibility index (Phi) is 4.23. The lowest BCUT2D eigenvalue weighted by Gasteiger charge is -2.09. The van der Waals surface area contributed by atoms with Crippen LogP contribution in [-0.2, 0) is 0 Å². The second-order valence-electron chi connectivity index (χ2n) is 4.27. The van der Waals surface area contributed by atoms with E-state index >= 15 is 0 Å². The number of hydrogen-bond acceptors (Lipinski definition) is 4. The molecule has 2 aromatic rings. The van der Waals surface area contributed by atoms with Gasteiger partial charge in [-0.05, 0) is 49.7 Å². The molecule has 19 heavy (non-hydrogen) atoms. The highest BCUT2D eigenvalue weighted by Crippen LogP contribution is 2.26. The molecule has 0 saturated heterocycles. The van der Waals surface area contributed by atoms with Gasteiger partial charge >= 0.3 is 0 Å². The van der Waals surface area contributed by atoms with Crippen molar-refractivity contribution in [2.75, 3.05) is 12.3 Å². The number of benzene rings is 1. The molecule has 0 aliphatic heterocycles. The van der Waals surface area contributed by atoms with E-state index in [-0.39, 0.29) is 0 Å². The van der Waals surface area contributed by atoms with Crippen LogP contribution in [0.4, 0.5) is 5.69 Å². The number of nitrogens with zero attached hydrogens (tertiary/aromatic N) is 1. The molecular formula is C15H18N2O2. The van der Waals surface area contributed by atoms with E-state index in [0.717, 1.165) is 17.9 Å². The lowest BCUT2D eigenvalue weighted by molar-refractivity contribution is 0.317. The SMILES string of the molecule is CCCOc1ccc(Oc2nc(C)ccc2N)cc1. The van der Waals surface area contributed by atoms with Gasteiger partial charge in [-0.3, -0.25) is 0 Å². The Morgan fingerprint density at radius 3 is 2.42 bits per heavy atom. The summed E-state index contributed by atoms with van der Waals surface area (Å²) >= 11 is 0. The van der Waals surface area contributed by atoms with Crippen molar-refractivity contribution < 1.29 is 9.47 Å². The van der Waals surface area contributed by atoms with Gasteiger partial charge < -0.3 is 15.2 Å². The van der Waals surface area contributed by atoms with Crippen LogP contribution in [0.25, 0.3) is 0 Å². The summed E-state index contributed by atoms with van der Waals surface area (Å²) in [4.78, 5) is 4.26. The Labute approximate surface area is 113 Å². The van der Waals surface area contributed by atoms with Crippen molar-refractivity contribution in [3.63, 3.8) is 0 Å². The van der Waals surface area contributed by atoms with Crippen molar-refractivity contribution in [2.45, 2.75) is 20.3 Å². The second kappa shape index (κ2) is 6.09. The number of rotatable bonds is 5. The minimum Gasteiger partial charge on any atom is -0.494 e. The van der Waals surface area contributed by atoms with Crippen molar-refractivity contribution in [3.05, 3.63) is 42.1 Å². The first-order chi connectivity index (χ1) is 9.19. The zero-order valence-corrected chi connectivity index (χ0v) is 11.2. The number of nitrogen functional groups attached to an aromatic ring is 1. The van der Waals surface area contributed by atoms with Gasteiger partial charge in [-0.2, -0.15) is 0 Å². The molecule has 0 radical (unpaired) electrons. The Morgan fingerprint density at radius 1 is 1.05 bits per heavy atom. The van der Waals surface area contributed by atoms with Crippen molar-refractivity contribution in [2.24, 2.45) is 0 Å². The van der Waals surface area contributed by atoms with Gasteiger partial charge in [0.2, 0.25) is 5.88 Å². The van der Waals surface area contributed by atoms with E-state index in [9.17, 15) is 0 Å². The molecule has 0 spiro atoms. The number of pyridine rings is 1. The van der Waals surface area contributed by atoms with Crippen molar-refractivity contribution in [1.29, 1.82) is 0 Å². The summed E-state index contributed by atoms with van der Waals surface area (Å²) in [5, 5.41) is 0. The molecule has 0 aliphatic carbocycles. The molecule has 100 valence electrons. The van der Waals surface area contributed by atoms with Crippen LogP contribution < -0.4 is 15.2 Å². The van der Waals surface area contributed by atoms with E-state index in [1.807, 2.05) is 37.3 Å². The number of hydrogen-bond donors (Lipinski definition) is 1. The summed E-state index contributed by atoms with van der Waals surface area (Å²) in [6.45, 7) is 4.68. The van der Waals surface area contributed by atoms with E-state index in [1.165, 1.54) is 0 Å². The van der Waals surface area contributed by atoms with Gasteiger partial charge in [0.05, 0.1) is 12.3 Å². The van der Waals surface area contributed by atoms with Crippen LogP contribution in [-0.4, -0.2) is 11.6 Å². The average Bonchev–Trinajstić information content (AvgIpc) is 2.42. The van der Waals surface area contributed by atoms with E-state index < -0.39 is 0 Å². The van der Waals surface area contributed by atoms with Gasteiger partial charge in [0, 0.05) is 5.69 Å². The summed E-state index contributed by atoms with van der Waals surface area (Å²) in [6, 6.07) is 11.1.